The summed E-state index contributed by atoms with van der Waals surface area (Å²) in [4.78, 5) is 4.99. The van der Waals surface area contributed by atoms with Crippen LogP contribution in [0.5, 0.6) is 0 Å². The van der Waals surface area contributed by atoms with Gasteiger partial charge in [0.25, 0.3) is 0 Å². The molecule has 21 rings (SSSR count). The molecule has 0 saturated carbocycles. The number of benzene rings is 17. The van der Waals surface area contributed by atoms with Crippen molar-refractivity contribution in [2.75, 3.05) is 15.1 Å². The van der Waals surface area contributed by atoms with E-state index in [4.69, 9.17) is 0 Å². The third-order valence-corrected chi connectivity index (χ3v) is 23.1. The van der Waals surface area contributed by atoms with Gasteiger partial charge >= 0.3 is 0 Å². The van der Waals surface area contributed by atoms with Gasteiger partial charge in [0.1, 0.15) is 0 Å². The van der Waals surface area contributed by atoms with Gasteiger partial charge in [-0.15, -0.1) is 0 Å². The zero-order valence-electron chi connectivity index (χ0n) is 59.5. The van der Waals surface area contributed by atoms with E-state index in [-0.39, 0.29) is 5.41 Å². The highest BCUT2D eigenvalue weighted by atomic mass is 15.2. The van der Waals surface area contributed by atoms with Gasteiger partial charge in [-0.3, -0.25) is 0 Å². The number of hydrogen-bond acceptors (Lipinski definition) is 3. The number of nitrogens with zero attached hydrogens (tertiary/aromatic N) is 2. The van der Waals surface area contributed by atoms with Crippen molar-refractivity contribution in [2.24, 2.45) is 0 Å². The normalized spacial score (nSPS) is 13.6. The number of hydrogen-bond donors (Lipinski definition) is 1. The third-order valence-electron chi connectivity index (χ3n) is 23.1. The maximum Gasteiger partial charge on any atom is 0.0755 e. The molecule has 0 unspecified atom stereocenters. The molecule has 508 valence electrons. The maximum absolute atomic E-state index is 3.68. The molecule has 3 heteroatoms. The van der Waals surface area contributed by atoms with Crippen molar-refractivity contribution in [2.45, 2.75) is 16.2 Å². The van der Waals surface area contributed by atoms with E-state index in [1.165, 1.54) is 134 Å². The Bertz CT molecular complexity index is 6050. The summed E-state index contributed by atoms with van der Waals surface area (Å²) in [7, 11) is 0. The second-order valence-electron chi connectivity index (χ2n) is 28.6. The van der Waals surface area contributed by atoms with Crippen LogP contribution in [0.1, 0.15) is 66.8 Å². The highest BCUT2D eigenvalue weighted by Crippen LogP contribution is 2.66. The van der Waals surface area contributed by atoms with E-state index in [0.717, 1.165) is 34.1 Å². The van der Waals surface area contributed by atoms with Crippen LogP contribution >= 0.6 is 0 Å². The fourth-order valence-electron chi connectivity index (χ4n) is 18.7. The lowest BCUT2D eigenvalue weighted by Crippen LogP contribution is -2.36. The molecular formula is C105H73N3. The van der Waals surface area contributed by atoms with Crippen LogP contribution in [-0.2, 0) is 16.2 Å². The fourth-order valence-corrected chi connectivity index (χ4v) is 18.7. The Morgan fingerprint density at radius 2 is 0.556 bits per heavy atom. The molecule has 0 atom stereocenters. The van der Waals surface area contributed by atoms with E-state index in [9.17, 15) is 0 Å². The number of rotatable bonds is 12. The molecule has 1 heterocycles. The number of para-hydroxylation sites is 3. The average Bonchev–Trinajstić information content (AvgIpc) is 1.46. The molecule has 0 bridgehead atoms. The summed E-state index contributed by atoms with van der Waals surface area (Å²) in [5, 5.41) is 3.68. The molecule has 1 spiro atoms. The lowest BCUT2D eigenvalue weighted by Gasteiger charge is -2.45. The lowest BCUT2D eigenvalue weighted by molar-refractivity contribution is 0.752. The van der Waals surface area contributed by atoms with Crippen LogP contribution in [0.2, 0.25) is 0 Å². The van der Waals surface area contributed by atoms with Gasteiger partial charge in [0.15, 0.2) is 0 Å². The van der Waals surface area contributed by atoms with Crippen molar-refractivity contribution >= 4 is 45.5 Å². The Balaban J connectivity index is 0.000000170. The Labute approximate surface area is 631 Å². The van der Waals surface area contributed by atoms with Gasteiger partial charge in [0.05, 0.1) is 33.3 Å². The quantitative estimate of drug-likeness (QED) is 0.132. The van der Waals surface area contributed by atoms with Gasteiger partial charge in [-0.1, -0.05) is 358 Å². The molecule has 0 radical (unpaired) electrons. The first-order valence-electron chi connectivity index (χ1n) is 37.5. The molecule has 3 nitrogen and oxygen atoms in total. The molecule has 17 aromatic carbocycles. The topological polar surface area (TPSA) is 18.5 Å². The minimum absolute atomic E-state index is 0.386. The summed E-state index contributed by atoms with van der Waals surface area (Å²) in [6, 6.07) is 160. The van der Waals surface area contributed by atoms with Gasteiger partial charge in [0, 0.05) is 34.0 Å². The van der Waals surface area contributed by atoms with Crippen LogP contribution in [0.15, 0.2) is 437 Å². The minimum atomic E-state index is -0.599. The van der Waals surface area contributed by atoms with Crippen molar-refractivity contribution < 1.29 is 0 Å². The highest BCUT2D eigenvalue weighted by molar-refractivity contribution is 6.02. The first-order chi connectivity index (χ1) is 53.6. The van der Waals surface area contributed by atoms with E-state index in [1.807, 2.05) is 0 Å². The molecule has 0 aromatic heterocycles. The Morgan fingerprint density at radius 3 is 1.05 bits per heavy atom. The zero-order valence-corrected chi connectivity index (χ0v) is 59.5. The molecule has 4 aliphatic rings. The van der Waals surface area contributed by atoms with Crippen LogP contribution in [0, 0.1) is 0 Å². The second kappa shape index (κ2) is 26.4. The van der Waals surface area contributed by atoms with Crippen LogP contribution in [0.4, 0.5) is 45.5 Å². The van der Waals surface area contributed by atoms with E-state index in [1.54, 1.807) is 0 Å². The first-order valence-corrected chi connectivity index (χ1v) is 37.5. The number of anilines is 8. The molecule has 1 N–H and O–H groups in total. The fraction of sp³-hybridized carbons (Fsp3) is 0.0286. The molecule has 0 saturated heterocycles. The molecule has 17 aromatic rings. The number of nitrogens with one attached hydrogen (secondary N) is 1. The highest BCUT2D eigenvalue weighted by Gasteiger charge is 2.53. The van der Waals surface area contributed by atoms with E-state index in [2.05, 4.69) is 452 Å². The maximum atomic E-state index is 3.68. The molecular weight excluding hydrogens is 1300 g/mol. The Kier molecular flexibility index (Phi) is 15.6. The van der Waals surface area contributed by atoms with E-state index in [0.29, 0.717) is 0 Å². The van der Waals surface area contributed by atoms with Crippen LogP contribution in [0.3, 0.4) is 0 Å². The molecule has 108 heavy (non-hydrogen) atoms. The van der Waals surface area contributed by atoms with Crippen LogP contribution in [0.25, 0.3) is 55.6 Å². The Morgan fingerprint density at radius 1 is 0.213 bits per heavy atom. The van der Waals surface area contributed by atoms with Gasteiger partial charge in [-0.25, -0.2) is 0 Å². The zero-order chi connectivity index (χ0) is 71.6. The van der Waals surface area contributed by atoms with Gasteiger partial charge in [0.2, 0.25) is 0 Å². The molecule has 0 amide bonds. The van der Waals surface area contributed by atoms with Crippen LogP contribution < -0.4 is 15.1 Å². The minimum Gasteiger partial charge on any atom is -0.356 e. The largest absolute Gasteiger partial charge is 0.356 e. The second-order valence-corrected chi connectivity index (χ2v) is 28.6. The molecule has 3 aliphatic carbocycles. The predicted molar refractivity (Wildman–Crippen MR) is 448 cm³/mol. The van der Waals surface area contributed by atoms with Crippen molar-refractivity contribution in [3.63, 3.8) is 0 Å². The molecule has 1 aliphatic heterocycles. The smallest absolute Gasteiger partial charge is 0.0755 e. The van der Waals surface area contributed by atoms with E-state index < -0.39 is 10.8 Å². The van der Waals surface area contributed by atoms with Crippen molar-refractivity contribution in [1.29, 1.82) is 0 Å². The summed E-state index contributed by atoms with van der Waals surface area (Å²) in [5.41, 5.74) is 35.3. The Hall–Kier alpha value is -13.9. The first kappa shape index (κ1) is 63.8. The number of fused-ring (bicyclic) bond motifs is 15. The van der Waals surface area contributed by atoms with Gasteiger partial charge in [-0.2, -0.15) is 0 Å². The van der Waals surface area contributed by atoms with Crippen molar-refractivity contribution in [3.8, 4) is 55.6 Å². The van der Waals surface area contributed by atoms with Crippen molar-refractivity contribution in [1.82, 2.24) is 0 Å². The average molecular weight is 1380 g/mol. The summed E-state index contributed by atoms with van der Waals surface area (Å²) in [5.74, 6) is 0. The third kappa shape index (κ3) is 9.96. The summed E-state index contributed by atoms with van der Waals surface area (Å²) >= 11 is 0. The van der Waals surface area contributed by atoms with Gasteiger partial charge < -0.3 is 15.1 Å². The van der Waals surface area contributed by atoms with Gasteiger partial charge in [-0.05, 0) is 196 Å². The van der Waals surface area contributed by atoms with Crippen LogP contribution in [-0.4, -0.2) is 0 Å². The summed E-state index contributed by atoms with van der Waals surface area (Å²) in [6.07, 6.45) is 0. The standard InChI is InChI=1S/C68H46N2.C37H27N/c1-5-22-47(23-6-1)48-40-42-52(43-41-48)69(53-44-45-55-54-30-13-15-32-57(54)67(62(55)46-53,49-24-7-2-8-25-49)50-26-9-3-10-27-50)65-39-21-36-61-66(65)56-31-14-16-33-58(56)68(61)59-34-17-19-37-63(59)70(51-28-11-4-12-29-51)64-38-20-18-35-60(64)68;1-4-12-27(13-5-1)28-20-22-31(23-21-28)38-32-24-25-34-33-18-10-11-19-35(33)37(36(34)26-32,29-14-6-2-7-15-29)30-16-8-3-9-17-30/h1-46H;1-26,38H. The lowest BCUT2D eigenvalue weighted by atomic mass is 9.64. The molecule has 0 fully saturated rings. The SMILES string of the molecule is c1ccc(-c2ccc(N(c3ccc4c(c3)C(c3ccccc3)(c3ccccc3)c3ccccc3-4)c3cccc4c3-c3ccccc3C43c4ccccc4N(c4ccccc4)c4ccccc43)cc2)cc1.c1ccc(-c2ccc(Nc3ccc4c(c3)C(c3ccccc3)(c3ccccc3)c3ccccc3-4)cc2)cc1. The summed E-state index contributed by atoms with van der Waals surface area (Å²) in [6.45, 7) is 0. The van der Waals surface area contributed by atoms with Crippen molar-refractivity contribution in [3.05, 3.63) is 504 Å². The summed E-state index contributed by atoms with van der Waals surface area (Å²) < 4.78 is 0. The van der Waals surface area contributed by atoms with E-state index >= 15 is 0 Å². The monoisotopic (exact) mass is 1380 g/mol. The predicted octanol–water partition coefficient (Wildman–Crippen LogP) is 26.8.